The molecule has 1 N–H and O–H groups in total. The first-order chi connectivity index (χ1) is 7.30. The van der Waals surface area contributed by atoms with Gasteiger partial charge in [0.1, 0.15) is 5.82 Å². The van der Waals surface area contributed by atoms with Crippen LogP contribution in [0.25, 0.3) is 11.0 Å². The molecule has 0 bridgehead atoms. The van der Waals surface area contributed by atoms with Gasteiger partial charge in [0, 0.05) is 0 Å². The smallest absolute Gasteiger partial charge is 0.122 e. The summed E-state index contributed by atoms with van der Waals surface area (Å²) < 4.78 is 0. The summed E-state index contributed by atoms with van der Waals surface area (Å²) in [7, 11) is 0. The molecule has 0 saturated carbocycles. The number of nitrogens with one attached hydrogen (secondary N) is 1. The number of benzene rings is 1. The fourth-order valence-corrected chi connectivity index (χ4v) is 2.15. The molecule has 0 spiro atoms. The highest BCUT2D eigenvalue weighted by atomic mass is 35.5. The number of imidazole rings is 1. The number of aromatic amines is 1. The van der Waals surface area contributed by atoms with E-state index in [2.05, 4.69) is 35.9 Å². The van der Waals surface area contributed by atoms with Gasteiger partial charge in [0.15, 0.2) is 0 Å². The van der Waals surface area contributed by atoms with E-state index in [1.807, 2.05) is 0 Å². The van der Waals surface area contributed by atoms with Gasteiger partial charge in [-0.3, -0.25) is 0 Å². The molecule has 0 aliphatic rings. The van der Waals surface area contributed by atoms with Crippen molar-refractivity contribution in [3.8, 4) is 0 Å². The molecule has 0 aliphatic carbocycles. The number of halogens is 1. The Morgan fingerprint density at radius 2 is 2.07 bits per heavy atom. The molecule has 0 amide bonds. The molecule has 0 aliphatic heterocycles. The molecule has 1 aromatic heterocycles. The van der Waals surface area contributed by atoms with Gasteiger partial charge in [-0.25, -0.2) is 4.98 Å². The van der Waals surface area contributed by atoms with E-state index < -0.39 is 0 Å². The van der Waals surface area contributed by atoms with Crippen LogP contribution in [0.15, 0.2) is 12.1 Å². The van der Waals surface area contributed by atoms with Gasteiger partial charge in [0.05, 0.1) is 16.9 Å². The summed E-state index contributed by atoms with van der Waals surface area (Å²) in [5.41, 5.74) is 4.96. The Bertz CT molecular complexity index is 474. The molecule has 15 heavy (non-hydrogen) atoms. The van der Waals surface area contributed by atoms with Crippen LogP contribution in [0, 0.1) is 0 Å². The van der Waals surface area contributed by atoms with Crippen LogP contribution in [0.2, 0.25) is 0 Å². The van der Waals surface area contributed by atoms with E-state index in [4.69, 9.17) is 11.6 Å². The van der Waals surface area contributed by atoms with Crippen molar-refractivity contribution in [2.45, 2.75) is 32.6 Å². The molecule has 3 heteroatoms. The fourth-order valence-electron chi connectivity index (χ4n) is 2.03. The monoisotopic (exact) mass is 222 g/mol. The lowest BCUT2D eigenvalue weighted by Crippen LogP contribution is -1.92. The van der Waals surface area contributed by atoms with Crippen molar-refractivity contribution in [2.24, 2.45) is 0 Å². The van der Waals surface area contributed by atoms with E-state index in [-0.39, 0.29) is 0 Å². The molecule has 2 nitrogen and oxygen atoms in total. The third-order valence-corrected chi connectivity index (χ3v) is 3.03. The maximum absolute atomic E-state index is 5.77. The number of hydrogen-bond donors (Lipinski definition) is 1. The van der Waals surface area contributed by atoms with Gasteiger partial charge in [0.25, 0.3) is 0 Å². The summed E-state index contributed by atoms with van der Waals surface area (Å²) in [6.45, 7) is 4.36. The van der Waals surface area contributed by atoms with Gasteiger partial charge >= 0.3 is 0 Å². The average Bonchev–Trinajstić information content (AvgIpc) is 2.70. The van der Waals surface area contributed by atoms with Crippen LogP contribution in [0.3, 0.4) is 0 Å². The number of fused-ring (bicyclic) bond motifs is 1. The topological polar surface area (TPSA) is 28.7 Å². The zero-order valence-electron chi connectivity index (χ0n) is 9.10. The molecule has 0 atom stereocenters. The first kappa shape index (κ1) is 10.5. The molecule has 80 valence electrons. The van der Waals surface area contributed by atoms with Crippen LogP contribution in [-0.4, -0.2) is 9.97 Å². The maximum Gasteiger partial charge on any atom is 0.122 e. The Morgan fingerprint density at radius 3 is 2.67 bits per heavy atom. The minimum absolute atomic E-state index is 0.444. The molecular formula is C12H15ClN2. The Balaban J connectivity index is 2.69. The number of aromatic nitrogens is 2. The normalized spacial score (nSPS) is 11.1. The summed E-state index contributed by atoms with van der Waals surface area (Å²) in [4.78, 5) is 7.72. The largest absolute Gasteiger partial charge is 0.341 e. The number of aryl methyl sites for hydroxylation is 2. The lowest BCUT2D eigenvalue weighted by atomic mass is 10.0. The van der Waals surface area contributed by atoms with Gasteiger partial charge in [-0.15, -0.1) is 11.6 Å². The summed E-state index contributed by atoms with van der Waals surface area (Å²) >= 11 is 5.77. The number of hydrogen-bond acceptors (Lipinski definition) is 1. The van der Waals surface area contributed by atoms with Crippen LogP contribution in [0.5, 0.6) is 0 Å². The predicted molar refractivity (Wildman–Crippen MR) is 64.4 cm³/mol. The van der Waals surface area contributed by atoms with Gasteiger partial charge in [-0.2, -0.15) is 0 Å². The molecule has 0 saturated heterocycles. The summed E-state index contributed by atoms with van der Waals surface area (Å²) in [5, 5.41) is 0. The van der Waals surface area contributed by atoms with Gasteiger partial charge in [-0.1, -0.05) is 19.9 Å². The van der Waals surface area contributed by atoms with E-state index in [1.54, 1.807) is 0 Å². The summed E-state index contributed by atoms with van der Waals surface area (Å²) in [6.07, 6.45) is 2.10. The quantitative estimate of drug-likeness (QED) is 0.792. The van der Waals surface area contributed by atoms with Crippen LogP contribution in [0.1, 0.15) is 30.8 Å². The highest BCUT2D eigenvalue weighted by Gasteiger charge is 2.08. The second kappa shape index (κ2) is 4.23. The molecule has 0 fully saturated rings. The number of rotatable bonds is 3. The van der Waals surface area contributed by atoms with E-state index in [1.165, 1.54) is 11.1 Å². The average molecular weight is 223 g/mol. The Kier molecular flexibility index (Phi) is 2.96. The number of H-pyrrole nitrogens is 1. The lowest BCUT2D eigenvalue weighted by molar-refractivity contribution is 1.04. The predicted octanol–water partition coefficient (Wildman–Crippen LogP) is 3.43. The molecule has 1 aromatic carbocycles. The Hall–Kier alpha value is -1.02. The highest BCUT2D eigenvalue weighted by molar-refractivity contribution is 6.16. The van der Waals surface area contributed by atoms with Gasteiger partial charge in [0.2, 0.25) is 0 Å². The standard InChI is InChI=1S/C12H15ClN2/c1-3-8-5-6-10-12(9(8)4-2)15-11(7-13)14-10/h5-6H,3-4,7H2,1-2H3,(H,14,15). The van der Waals surface area contributed by atoms with Gasteiger partial charge < -0.3 is 4.98 Å². The molecule has 2 rings (SSSR count). The zero-order valence-corrected chi connectivity index (χ0v) is 9.86. The van der Waals surface area contributed by atoms with Crippen molar-refractivity contribution >= 4 is 22.6 Å². The van der Waals surface area contributed by atoms with Crippen molar-refractivity contribution in [2.75, 3.05) is 0 Å². The first-order valence-corrected chi connectivity index (χ1v) is 5.88. The van der Waals surface area contributed by atoms with Crippen LogP contribution < -0.4 is 0 Å². The third kappa shape index (κ3) is 1.74. The molecular weight excluding hydrogens is 208 g/mol. The fraction of sp³-hybridized carbons (Fsp3) is 0.417. The minimum atomic E-state index is 0.444. The summed E-state index contributed by atoms with van der Waals surface area (Å²) in [6, 6.07) is 4.24. The Labute approximate surface area is 94.7 Å². The van der Waals surface area contributed by atoms with Crippen molar-refractivity contribution in [1.82, 2.24) is 9.97 Å². The Morgan fingerprint density at radius 1 is 1.27 bits per heavy atom. The van der Waals surface area contributed by atoms with Crippen LogP contribution in [-0.2, 0) is 18.7 Å². The van der Waals surface area contributed by atoms with Crippen molar-refractivity contribution in [3.05, 3.63) is 29.1 Å². The van der Waals surface area contributed by atoms with Crippen molar-refractivity contribution < 1.29 is 0 Å². The zero-order chi connectivity index (χ0) is 10.8. The molecule has 0 unspecified atom stereocenters. The van der Waals surface area contributed by atoms with E-state index in [0.717, 1.165) is 29.7 Å². The van der Waals surface area contributed by atoms with Gasteiger partial charge in [-0.05, 0) is 30.0 Å². The first-order valence-electron chi connectivity index (χ1n) is 5.35. The van der Waals surface area contributed by atoms with Crippen molar-refractivity contribution in [1.29, 1.82) is 0 Å². The van der Waals surface area contributed by atoms with Crippen LogP contribution >= 0.6 is 11.6 Å². The van der Waals surface area contributed by atoms with Crippen molar-refractivity contribution in [3.63, 3.8) is 0 Å². The summed E-state index contributed by atoms with van der Waals surface area (Å²) in [5.74, 6) is 1.30. The second-order valence-electron chi connectivity index (χ2n) is 3.62. The minimum Gasteiger partial charge on any atom is -0.341 e. The van der Waals surface area contributed by atoms with E-state index >= 15 is 0 Å². The van der Waals surface area contributed by atoms with E-state index in [9.17, 15) is 0 Å². The highest BCUT2D eigenvalue weighted by Crippen LogP contribution is 2.22. The van der Waals surface area contributed by atoms with Crippen LogP contribution in [0.4, 0.5) is 0 Å². The van der Waals surface area contributed by atoms with E-state index in [0.29, 0.717) is 5.88 Å². The third-order valence-electron chi connectivity index (χ3n) is 2.77. The second-order valence-corrected chi connectivity index (χ2v) is 3.89. The number of nitrogens with zero attached hydrogens (tertiary/aromatic N) is 1. The molecule has 0 radical (unpaired) electrons. The molecule has 1 heterocycles. The molecule has 2 aromatic rings. The number of alkyl halides is 1. The SMILES string of the molecule is CCc1ccc2nc(CCl)[nH]c2c1CC. The lowest BCUT2D eigenvalue weighted by Gasteiger charge is -2.05. The maximum atomic E-state index is 5.77.